The summed E-state index contributed by atoms with van der Waals surface area (Å²) >= 11 is 12.7. The second-order valence-corrected chi connectivity index (χ2v) is 11.2. The third-order valence-corrected chi connectivity index (χ3v) is 7.30. The zero-order valence-corrected chi connectivity index (χ0v) is 20.9. The lowest BCUT2D eigenvalue weighted by Crippen LogP contribution is -2.59. The van der Waals surface area contributed by atoms with E-state index in [1.54, 1.807) is 12.2 Å². The highest BCUT2D eigenvalue weighted by Crippen LogP contribution is 2.65. The number of amides is 3. The normalized spacial score (nSPS) is 24.8. The largest absolute Gasteiger partial charge is 0.349 e. The van der Waals surface area contributed by atoms with Gasteiger partial charge in [0, 0.05) is 24.9 Å². The first kappa shape index (κ1) is 27.3. The number of halogens is 2. The number of carbonyl (C=O) groups is 4. The molecule has 1 aliphatic heterocycles. The molecular weight excluding hydrogens is 467 g/mol. The van der Waals surface area contributed by atoms with E-state index in [9.17, 15) is 19.2 Å². The van der Waals surface area contributed by atoms with Gasteiger partial charge in [-0.25, -0.2) is 0 Å². The summed E-state index contributed by atoms with van der Waals surface area (Å²) in [5.74, 6) is -3.28. The first-order valence-electron chi connectivity index (χ1n) is 11.1. The van der Waals surface area contributed by atoms with Crippen molar-refractivity contribution in [1.29, 1.82) is 0 Å². The van der Waals surface area contributed by atoms with Gasteiger partial charge in [-0.3, -0.25) is 19.2 Å². The minimum atomic E-state index is -1.13. The number of alkyl halides is 2. The molecule has 2 rings (SSSR count). The van der Waals surface area contributed by atoms with Crippen molar-refractivity contribution in [1.82, 2.24) is 15.5 Å². The molecule has 3 amide bonds. The van der Waals surface area contributed by atoms with Crippen LogP contribution in [0.1, 0.15) is 40.0 Å². The molecule has 1 aliphatic carbocycles. The maximum atomic E-state index is 13.3. The fourth-order valence-electron chi connectivity index (χ4n) is 4.03. The van der Waals surface area contributed by atoms with Crippen molar-refractivity contribution in [3.05, 3.63) is 25.3 Å². The van der Waals surface area contributed by atoms with Crippen LogP contribution in [0.2, 0.25) is 0 Å². The molecule has 1 saturated heterocycles. The fraction of sp³-hybridized carbons (Fsp3) is 0.652. The highest BCUT2D eigenvalue weighted by molar-refractivity contribution is 6.51. The van der Waals surface area contributed by atoms with Crippen LogP contribution in [0.5, 0.6) is 0 Å². The minimum absolute atomic E-state index is 0.187. The predicted octanol–water partition coefficient (Wildman–Crippen LogP) is 1.70. The Kier molecular flexibility index (Phi) is 8.76. The Balaban J connectivity index is 2.21. The van der Waals surface area contributed by atoms with Gasteiger partial charge in [-0.1, -0.05) is 32.9 Å². The van der Waals surface area contributed by atoms with E-state index in [1.807, 2.05) is 20.8 Å². The van der Waals surface area contributed by atoms with Crippen molar-refractivity contribution in [2.24, 2.45) is 23.0 Å². The van der Waals surface area contributed by atoms with E-state index in [1.165, 1.54) is 4.90 Å². The molecule has 0 aromatic heterocycles. The van der Waals surface area contributed by atoms with Gasteiger partial charge in [0.25, 0.3) is 5.91 Å². The Labute approximate surface area is 205 Å². The molecule has 1 saturated carbocycles. The van der Waals surface area contributed by atoms with Gasteiger partial charge in [-0.15, -0.1) is 36.4 Å². The molecule has 0 unspecified atom stereocenters. The second-order valence-electron chi connectivity index (χ2n) is 9.71. The number of hydrogen-bond acceptors (Lipinski definition) is 5. The fourth-order valence-corrected chi connectivity index (χ4v) is 4.85. The number of hydrogen-bond donors (Lipinski definition) is 3. The van der Waals surface area contributed by atoms with Crippen molar-refractivity contribution < 1.29 is 19.2 Å². The lowest BCUT2D eigenvalue weighted by Gasteiger charge is -2.35. The van der Waals surface area contributed by atoms with Gasteiger partial charge in [0.2, 0.25) is 17.6 Å². The molecule has 1 heterocycles. The molecule has 8 nitrogen and oxygen atoms in total. The molecule has 0 aromatic carbocycles. The maximum Gasteiger partial charge on any atom is 0.289 e. The van der Waals surface area contributed by atoms with Gasteiger partial charge in [-0.2, -0.15) is 0 Å². The molecule has 2 fully saturated rings. The van der Waals surface area contributed by atoms with Crippen molar-refractivity contribution in [3.63, 3.8) is 0 Å². The van der Waals surface area contributed by atoms with E-state index >= 15 is 0 Å². The Morgan fingerprint density at radius 1 is 1.18 bits per heavy atom. The summed E-state index contributed by atoms with van der Waals surface area (Å²) in [5, 5.41) is 5.16. The number of nitrogens with two attached hydrogens (primary N) is 1. The summed E-state index contributed by atoms with van der Waals surface area (Å²) in [5.41, 5.74) is 5.65. The van der Waals surface area contributed by atoms with Crippen LogP contribution in [0.15, 0.2) is 25.3 Å². The van der Waals surface area contributed by atoms with Crippen LogP contribution in [-0.4, -0.2) is 64.0 Å². The number of ketones is 1. The zero-order chi connectivity index (χ0) is 25.1. The standard InChI is InChI=1S/C23H34Cl2N4O4/c1-6-8-10-14(17(30)20(32)27-11-9-7-2)28-19(31)16-15-13(23(15,24)25)12-29(16)21(33)18(26)22(3,4)5/h6-7,13-16,18H,1-2,8-12,26H2,3-5H3,(H,27,32)(H,28,31)/t13-,14+,15-,16+,18-/m1/s1. The van der Waals surface area contributed by atoms with E-state index in [2.05, 4.69) is 23.8 Å². The van der Waals surface area contributed by atoms with Crippen molar-refractivity contribution in [3.8, 4) is 0 Å². The number of nitrogens with one attached hydrogen (secondary N) is 2. The number of allylic oxidation sites excluding steroid dienone is 1. The second kappa shape index (κ2) is 10.6. The van der Waals surface area contributed by atoms with E-state index in [4.69, 9.17) is 28.9 Å². The highest BCUT2D eigenvalue weighted by atomic mass is 35.5. The summed E-state index contributed by atoms with van der Waals surface area (Å²) < 4.78 is -1.13. The summed E-state index contributed by atoms with van der Waals surface area (Å²) in [7, 11) is 0. The molecule has 4 N–H and O–H groups in total. The van der Waals surface area contributed by atoms with Gasteiger partial charge in [0.15, 0.2) is 0 Å². The van der Waals surface area contributed by atoms with E-state index in [-0.39, 0.29) is 31.3 Å². The van der Waals surface area contributed by atoms with Crippen LogP contribution in [0.4, 0.5) is 0 Å². The summed E-state index contributed by atoms with van der Waals surface area (Å²) in [4.78, 5) is 52.9. The van der Waals surface area contributed by atoms with Gasteiger partial charge < -0.3 is 21.3 Å². The molecule has 184 valence electrons. The van der Waals surface area contributed by atoms with Crippen LogP contribution in [0.25, 0.3) is 0 Å². The van der Waals surface area contributed by atoms with Gasteiger partial charge >= 0.3 is 0 Å². The highest BCUT2D eigenvalue weighted by Gasteiger charge is 2.74. The number of rotatable bonds is 11. The third kappa shape index (κ3) is 5.97. The van der Waals surface area contributed by atoms with Gasteiger partial charge in [0.1, 0.15) is 10.4 Å². The molecule has 0 bridgehead atoms. The Bertz CT molecular complexity index is 824. The molecular formula is C23H34Cl2N4O4. The summed E-state index contributed by atoms with van der Waals surface area (Å²) in [6.45, 7) is 13.2. The average Bonchev–Trinajstić information content (AvgIpc) is 3.08. The maximum absolute atomic E-state index is 13.3. The van der Waals surface area contributed by atoms with Crippen LogP contribution < -0.4 is 16.4 Å². The quantitative estimate of drug-likeness (QED) is 0.172. The SMILES string of the molecule is C=CCCNC(=O)C(=O)[C@H](CCC=C)NC(=O)[C@@H]1[C@H]2[C@@H](CN1C(=O)[C@@H](N)C(C)(C)C)C2(Cl)Cl. The van der Waals surface area contributed by atoms with Crippen molar-refractivity contribution in [2.45, 2.75) is 62.5 Å². The van der Waals surface area contributed by atoms with Crippen LogP contribution in [-0.2, 0) is 19.2 Å². The minimum Gasteiger partial charge on any atom is -0.349 e. The Morgan fingerprint density at radius 2 is 1.79 bits per heavy atom. The lowest BCUT2D eigenvalue weighted by molar-refractivity contribution is -0.144. The number of Topliss-reactive ketones (excluding diaryl/α,β-unsaturated/α-hetero) is 1. The van der Waals surface area contributed by atoms with E-state index < -0.39 is 51.4 Å². The monoisotopic (exact) mass is 500 g/mol. The molecule has 5 atom stereocenters. The van der Waals surface area contributed by atoms with Crippen molar-refractivity contribution in [2.75, 3.05) is 13.1 Å². The van der Waals surface area contributed by atoms with Gasteiger partial charge in [0.05, 0.1) is 12.1 Å². The number of likely N-dealkylation sites (tertiary alicyclic amines) is 1. The molecule has 33 heavy (non-hydrogen) atoms. The summed E-state index contributed by atoms with van der Waals surface area (Å²) in [6.07, 6.45) is 4.31. The average molecular weight is 501 g/mol. The molecule has 10 heteroatoms. The molecule has 0 spiro atoms. The third-order valence-electron chi connectivity index (χ3n) is 6.23. The first-order valence-corrected chi connectivity index (χ1v) is 11.8. The van der Waals surface area contributed by atoms with Crippen molar-refractivity contribution >= 4 is 46.7 Å². The lowest BCUT2D eigenvalue weighted by atomic mass is 9.86. The van der Waals surface area contributed by atoms with Gasteiger partial charge in [-0.05, 0) is 24.7 Å². The Morgan fingerprint density at radius 3 is 2.33 bits per heavy atom. The summed E-state index contributed by atoms with van der Waals surface area (Å²) in [6, 6.07) is -2.89. The predicted molar refractivity (Wildman–Crippen MR) is 129 cm³/mol. The number of fused-ring (bicyclic) bond motifs is 1. The smallest absolute Gasteiger partial charge is 0.289 e. The van der Waals surface area contributed by atoms with E-state index in [0.29, 0.717) is 12.8 Å². The number of nitrogens with zero attached hydrogens (tertiary/aromatic N) is 1. The van der Waals surface area contributed by atoms with Crippen LogP contribution in [0.3, 0.4) is 0 Å². The van der Waals surface area contributed by atoms with E-state index in [0.717, 1.165) is 0 Å². The number of carbonyl (C=O) groups excluding carboxylic acids is 4. The molecule has 0 radical (unpaired) electrons. The molecule has 0 aromatic rings. The van der Waals surface area contributed by atoms with Crippen LogP contribution in [0, 0.1) is 17.3 Å². The molecule has 2 aliphatic rings. The topological polar surface area (TPSA) is 122 Å². The zero-order valence-electron chi connectivity index (χ0n) is 19.4. The number of piperidine rings is 1. The van der Waals surface area contributed by atoms with Crippen LogP contribution >= 0.6 is 23.2 Å². The Hall–Kier alpha value is -1.90. The first-order chi connectivity index (χ1) is 15.3.